The van der Waals surface area contributed by atoms with Gasteiger partial charge >= 0.3 is 0 Å². The number of benzene rings is 2. The molecular weight excluding hydrogens is 398 g/mol. The first-order valence-corrected chi connectivity index (χ1v) is 10.6. The molecule has 30 heavy (non-hydrogen) atoms. The zero-order valence-corrected chi connectivity index (χ0v) is 17.6. The van der Waals surface area contributed by atoms with Crippen molar-refractivity contribution in [3.63, 3.8) is 0 Å². The van der Waals surface area contributed by atoms with E-state index in [9.17, 15) is 9.59 Å². The lowest BCUT2D eigenvalue weighted by Gasteiger charge is -2.22. The van der Waals surface area contributed by atoms with E-state index >= 15 is 0 Å². The van der Waals surface area contributed by atoms with Gasteiger partial charge < -0.3 is 4.42 Å². The van der Waals surface area contributed by atoms with Gasteiger partial charge in [-0.25, -0.2) is 0 Å². The quantitative estimate of drug-likeness (QED) is 0.477. The minimum absolute atomic E-state index is 0.0736. The number of anilines is 1. The predicted octanol–water partition coefficient (Wildman–Crippen LogP) is 4.83. The van der Waals surface area contributed by atoms with Gasteiger partial charge in [0.2, 0.25) is 10.9 Å². The van der Waals surface area contributed by atoms with E-state index in [0.29, 0.717) is 27.6 Å². The van der Waals surface area contributed by atoms with Gasteiger partial charge in [0.05, 0.1) is 17.0 Å². The molecule has 2 aromatic carbocycles. The fraction of sp³-hybridized carbons (Fsp3) is 0.217. The zero-order valence-electron chi connectivity index (χ0n) is 16.7. The molecule has 5 rings (SSSR count). The lowest BCUT2D eigenvalue weighted by molar-refractivity contribution is 0.0970. The number of rotatable bonds is 3. The highest BCUT2D eigenvalue weighted by Gasteiger charge is 2.45. The third-order valence-corrected chi connectivity index (χ3v) is 6.26. The van der Waals surface area contributed by atoms with Crippen molar-refractivity contribution in [1.29, 1.82) is 0 Å². The van der Waals surface area contributed by atoms with Gasteiger partial charge in [-0.05, 0) is 36.1 Å². The number of amides is 1. The molecular formula is C23H19N3O3S. The molecule has 1 aliphatic rings. The van der Waals surface area contributed by atoms with Crippen molar-refractivity contribution in [3.8, 4) is 0 Å². The van der Waals surface area contributed by atoms with Crippen molar-refractivity contribution < 1.29 is 9.21 Å². The maximum Gasteiger partial charge on any atom is 0.297 e. The molecule has 1 aliphatic heterocycles. The Bertz CT molecular complexity index is 1340. The average molecular weight is 417 g/mol. The molecule has 3 heterocycles. The monoisotopic (exact) mass is 417 g/mol. The van der Waals surface area contributed by atoms with E-state index in [1.54, 1.807) is 24.3 Å². The van der Waals surface area contributed by atoms with Crippen LogP contribution in [0.4, 0.5) is 5.13 Å². The molecule has 0 saturated heterocycles. The van der Waals surface area contributed by atoms with E-state index in [-0.39, 0.29) is 17.1 Å². The minimum atomic E-state index is -0.609. The molecule has 0 radical (unpaired) electrons. The van der Waals surface area contributed by atoms with Crippen LogP contribution in [0.25, 0.3) is 11.0 Å². The normalized spacial score (nSPS) is 15.9. The summed E-state index contributed by atoms with van der Waals surface area (Å²) in [5, 5.41) is 9.90. The highest BCUT2D eigenvalue weighted by Crippen LogP contribution is 2.42. The molecule has 2 aromatic heterocycles. The van der Waals surface area contributed by atoms with Crippen LogP contribution in [0, 0.1) is 6.92 Å². The van der Waals surface area contributed by atoms with Crippen molar-refractivity contribution >= 4 is 33.3 Å². The number of hydrogen-bond donors (Lipinski definition) is 0. The van der Waals surface area contributed by atoms with Crippen LogP contribution in [0.3, 0.4) is 0 Å². The maximum absolute atomic E-state index is 13.4. The fourth-order valence-corrected chi connectivity index (χ4v) is 4.59. The van der Waals surface area contributed by atoms with E-state index in [4.69, 9.17) is 4.42 Å². The molecule has 7 heteroatoms. The molecule has 0 spiro atoms. The second-order valence-electron chi connectivity index (χ2n) is 7.67. The Morgan fingerprint density at radius 3 is 2.43 bits per heavy atom. The summed E-state index contributed by atoms with van der Waals surface area (Å²) in [6.45, 7) is 6.08. The van der Waals surface area contributed by atoms with Crippen LogP contribution in [0.5, 0.6) is 0 Å². The molecule has 1 amide bonds. The van der Waals surface area contributed by atoms with Gasteiger partial charge in [0.1, 0.15) is 10.6 Å². The summed E-state index contributed by atoms with van der Waals surface area (Å²) in [4.78, 5) is 28.4. The van der Waals surface area contributed by atoms with Gasteiger partial charge in [-0.2, -0.15) is 0 Å². The lowest BCUT2D eigenvalue weighted by atomic mass is 9.95. The molecule has 0 fully saturated rings. The van der Waals surface area contributed by atoms with Crippen molar-refractivity contribution in [1.82, 2.24) is 10.2 Å². The molecule has 0 N–H and O–H groups in total. The molecule has 0 unspecified atom stereocenters. The van der Waals surface area contributed by atoms with E-state index in [1.807, 2.05) is 31.2 Å². The fourth-order valence-electron chi connectivity index (χ4n) is 3.88. The van der Waals surface area contributed by atoms with Crippen LogP contribution in [0.2, 0.25) is 0 Å². The smallest absolute Gasteiger partial charge is 0.297 e. The largest absolute Gasteiger partial charge is 0.450 e. The van der Waals surface area contributed by atoms with Crippen molar-refractivity contribution in [3.05, 3.63) is 86.2 Å². The van der Waals surface area contributed by atoms with Gasteiger partial charge in [0, 0.05) is 0 Å². The lowest BCUT2D eigenvalue weighted by Crippen LogP contribution is -2.29. The Labute approximate surface area is 176 Å². The Kier molecular flexibility index (Phi) is 4.29. The summed E-state index contributed by atoms with van der Waals surface area (Å²) in [5.41, 5.74) is 2.58. The molecule has 0 bridgehead atoms. The zero-order chi connectivity index (χ0) is 21.0. The summed E-state index contributed by atoms with van der Waals surface area (Å²) < 4.78 is 5.93. The van der Waals surface area contributed by atoms with Crippen LogP contribution in [-0.2, 0) is 0 Å². The first-order chi connectivity index (χ1) is 14.5. The Balaban J connectivity index is 1.77. The molecule has 150 valence electrons. The SMILES string of the molecule is Cc1nnc(N2C(=O)c3oc4ccccc4c(=O)c3[C@@H]2c2ccc(C(C)C)cc2)s1. The number of aryl methyl sites for hydroxylation is 1. The first-order valence-electron chi connectivity index (χ1n) is 9.75. The summed E-state index contributed by atoms with van der Waals surface area (Å²) in [7, 11) is 0. The summed E-state index contributed by atoms with van der Waals surface area (Å²) >= 11 is 1.32. The standard InChI is InChI=1S/C23H19N3O3S/c1-12(2)14-8-10-15(11-9-14)19-18-20(27)16-6-4-5-7-17(16)29-21(18)22(28)26(19)23-25-24-13(3)30-23/h4-12,19H,1-3H3/t19-/m0/s1. The Hall–Kier alpha value is -3.32. The van der Waals surface area contributed by atoms with Gasteiger partial charge in [-0.3, -0.25) is 14.5 Å². The number of carbonyl (C=O) groups excluding carboxylic acids is 1. The van der Waals surface area contributed by atoms with Gasteiger partial charge in [-0.1, -0.05) is 61.6 Å². The third-order valence-electron chi connectivity index (χ3n) is 5.42. The van der Waals surface area contributed by atoms with Crippen molar-refractivity contribution in [2.45, 2.75) is 32.7 Å². The van der Waals surface area contributed by atoms with E-state index < -0.39 is 6.04 Å². The van der Waals surface area contributed by atoms with Crippen LogP contribution < -0.4 is 10.3 Å². The second-order valence-corrected chi connectivity index (χ2v) is 8.83. The van der Waals surface area contributed by atoms with Crippen LogP contribution in [0.1, 0.15) is 58.1 Å². The highest BCUT2D eigenvalue weighted by atomic mass is 32.1. The number of fused-ring (bicyclic) bond motifs is 2. The van der Waals surface area contributed by atoms with Crippen molar-refractivity contribution in [2.24, 2.45) is 0 Å². The van der Waals surface area contributed by atoms with Gasteiger partial charge in [0.15, 0.2) is 5.43 Å². The minimum Gasteiger partial charge on any atom is -0.450 e. The van der Waals surface area contributed by atoms with E-state index in [0.717, 1.165) is 10.6 Å². The van der Waals surface area contributed by atoms with Gasteiger partial charge in [0.25, 0.3) is 5.91 Å². The number of nitrogens with zero attached hydrogens (tertiary/aromatic N) is 3. The predicted molar refractivity (Wildman–Crippen MR) is 116 cm³/mol. The summed E-state index contributed by atoms with van der Waals surface area (Å²) in [5.74, 6) is 0.0823. The van der Waals surface area contributed by atoms with Crippen molar-refractivity contribution in [2.75, 3.05) is 4.90 Å². The van der Waals surface area contributed by atoms with Gasteiger partial charge in [-0.15, -0.1) is 10.2 Å². The number of carbonyl (C=O) groups is 1. The second kappa shape index (κ2) is 6.88. The molecule has 0 saturated carbocycles. The Morgan fingerprint density at radius 2 is 1.77 bits per heavy atom. The first kappa shape index (κ1) is 18.7. The topological polar surface area (TPSA) is 76.3 Å². The average Bonchev–Trinajstić information content (AvgIpc) is 3.29. The number of para-hydroxylation sites is 1. The van der Waals surface area contributed by atoms with E-state index in [1.165, 1.54) is 21.8 Å². The molecule has 1 atom stereocenters. The van der Waals surface area contributed by atoms with Crippen LogP contribution >= 0.6 is 11.3 Å². The number of hydrogen-bond acceptors (Lipinski definition) is 6. The van der Waals surface area contributed by atoms with Crippen LogP contribution in [0.15, 0.2) is 57.7 Å². The highest BCUT2D eigenvalue weighted by molar-refractivity contribution is 7.15. The maximum atomic E-state index is 13.4. The number of aromatic nitrogens is 2. The molecule has 0 aliphatic carbocycles. The molecule has 4 aromatic rings. The van der Waals surface area contributed by atoms with E-state index in [2.05, 4.69) is 24.0 Å². The Morgan fingerprint density at radius 1 is 1.03 bits per heavy atom. The van der Waals surface area contributed by atoms with Crippen LogP contribution in [-0.4, -0.2) is 16.1 Å². The molecule has 6 nitrogen and oxygen atoms in total. The summed E-state index contributed by atoms with van der Waals surface area (Å²) in [6, 6.07) is 14.4. The summed E-state index contributed by atoms with van der Waals surface area (Å²) in [6.07, 6.45) is 0. The third kappa shape index (κ3) is 2.77.